The minimum absolute atomic E-state index is 0.294. The van der Waals surface area contributed by atoms with Crippen LogP contribution >= 0.6 is 0 Å². The Hall–Kier alpha value is -1.18. The number of carbonyl (C=O) groups excluding carboxylic acids is 2. The van der Waals surface area contributed by atoms with E-state index in [1.165, 1.54) is 6.08 Å². The van der Waals surface area contributed by atoms with Gasteiger partial charge < -0.3 is 0 Å². The number of Topliss-reactive ketones (excluding diaryl/α,β-unsaturated/α-hetero) is 2. The summed E-state index contributed by atoms with van der Waals surface area (Å²) in [6.45, 7) is 3.43. The van der Waals surface area contributed by atoms with Crippen molar-refractivity contribution in [2.45, 2.75) is 12.8 Å². The Morgan fingerprint density at radius 2 is 2.20 bits per heavy atom. The molecule has 0 N–H and O–H groups in total. The summed E-state index contributed by atoms with van der Waals surface area (Å²) < 4.78 is 0. The van der Waals surface area contributed by atoms with Crippen molar-refractivity contribution in [1.29, 1.82) is 0 Å². The normalized spacial score (nSPS) is 18.6. The molecule has 0 amide bonds. The molecule has 1 rings (SSSR count). The summed E-state index contributed by atoms with van der Waals surface area (Å²) in [5.41, 5.74) is 0.455. The molecule has 0 atom stereocenters. The Morgan fingerprint density at radius 3 is 2.70 bits per heavy atom. The van der Waals surface area contributed by atoms with Crippen molar-refractivity contribution in [3.05, 3.63) is 24.3 Å². The fourth-order valence-electron chi connectivity index (χ4n) is 0.902. The van der Waals surface area contributed by atoms with Gasteiger partial charge in [-0.2, -0.15) is 0 Å². The van der Waals surface area contributed by atoms with Gasteiger partial charge in [0, 0.05) is 12.0 Å². The first kappa shape index (κ1) is 6.93. The summed E-state index contributed by atoms with van der Waals surface area (Å²) in [4.78, 5) is 21.6. The summed E-state index contributed by atoms with van der Waals surface area (Å²) in [5.74, 6) is -0.682. The van der Waals surface area contributed by atoms with E-state index < -0.39 is 0 Å². The first-order valence-corrected chi connectivity index (χ1v) is 3.16. The summed E-state index contributed by atoms with van der Waals surface area (Å²) in [5, 5.41) is 0. The zero-order valence-electron chi connectivity index (χ0n) is 5.59. The van der Waals surface area contributed by atoms with Crippen LogP contribution in [0.4, 0.5) is 0 Å². The summed E-state index contributed by atoms with van der Waals surface area (Å²) in [7, 11) is 0. The Kier molecular flexibility index (Phi) is 1.81. The first-order chi connectivity index (χ1) is 4.75. The molecule has 0 aromatic heterocycles. The number of ketones is 2. The lowest BCUT2D eigenvalue weighted by Crippen LogP contribution is -2.18. The molecular weight excluding hydrogens is 128 g/mol. The third-order valence-corrected chi connectivity index (χ3v) is 1.47. The lowest BCUT2D eigenvalue weighted by Gasteiger charge is -2.04. The number of hydrogen-bond donors (Lipinski definition) is 0. The fraction of sp³-hybridized carbons (Fsp3) is 0.250. The molecule has 0 heterocycles. The number of allylic oxidation sites excluding steroid dienone is 3. The highest BCUT2D eigenvalue weighted by Crippen LogP contribution is 2.11. The van der Waals surface area contributed by atoms with Crippen LogP contribution in [0.5, 0.6) is 0 Å². The number of hydrogen-bond acceptors (Lipinski definition) is 2. The molecule has 0 aromatic carbocycles. The molecule has 2 nitrogen and oxygen atoms in total. The molecule has 1 aliphatic rings. The van der Waals surface area contributed by atoms with Crippen molar-refractivity contribution in [1.82, 2.24) is 0 Å². The maximum atomic E-state index is 10.9. The quantitative estimate of drug-likeness (QED) is 0.504. The van der Waals surface area contributed by atoms with Gasteiger partial charge in [-0.05, 0) is 6.42 Å². The lowest BCUT2D eigenvalue weighted by atomic mass is 9.97. The van der Waals surface area contributed by atoms with Gasteiger partial charge in [-0.1, -0.05) is 18.7 Å². The van der Waals surface area contributed by atoms with Gasteiger partial charge in [0.2, 0.25) is 11.6 Å². The Balaban J connectivity index is 2.91. The predicted molar refractivity (Wildman–Crippen MR) is 37.5 cm³/mol. The first-order valence-electron chi connectivity index (χ1n) is 3.16. The minimum Gasteiger partial charge on any atom is -0.290 e. The summed E-state index contributed by atoms with van der Waals surface area (Å²) in [6.07, 6.45) is 4.21. The largest absolute Gasteiger partial charge is 0.290 e. The zero-order chi connectivity index (χ0) is 7.56. The molecule has 1 aliphatic carbocycles. The van der Waals surface area contributed by atoms with Crippen LogP contribution < -0.4 is 0 Å². The second-order valence-corrected chi connectivity index (χ2v) is 2.15. The molecule has 10 heavy (non-hydrogen) atoms. The van der Waals surface area contributed by atoms with Gasteiger partial charge in [0.15, 0.2) is 0 Å². The van der Waals surface area contributed by atoms with Crippen LogP contribution in [0.1, 0.15) is 12.8 Å². The van der Waals surface area contributed by atoms with E-state index in [1.807, 2.05) is 0 Å². The second kappa shape index (κ2) is 2.60. The number of rotatable bonds is 1. The third kappa shape index (κ3) is 1.05. The van der Waals surface area contributed by atoms with Crippen LogP contribution in [0.3, 0.4) is 0 Å². The van der Waals surface area contributed by atoms with E-state index in [4.69, 9.17) is 0 Å². The standard InChI is InChI=1S/C8H8O2/c1-2-6-4-3-5-7(9)8(6)10/h2,4H,1,3,5H2. The topological polar surface area (TPSA) is 34.1 Å². The average Bonchev–Trinajstić information content (AvgIpc) is 1.95. The van der Waals surface area contributed by atoms with Crippen molar-refractivity contribution in [3.63, 3.8) is 0 Å². The van der Waals surface area contributed by atoms with E-state index in [0.29, 0.717) is 18.4 Å². The van der Waals surface area contributed by atoms with E-state index in [2.05, 4.69) is 6.58 Å². The second-order valence-electron chi connectivity index (χ2n) is 2.15. The Labute approximate surface area is 59.2 Å². The van der Waals surface area contributed by atoms with E-state index in [1.54, 1.807) is 6.08 Å². The van der Waals surface area contributed by atoms with Crippen LogP contribution in [-0.4, -0.2) is 11.6 Å². The van der Waals surface area contributed by atoms with Gasteiger partial charge in [-0.25, -0.2) is 0 Å². The molecule has 0 saturated carbocycles. The van der Waals surface area contributed by atoms with Crippen LogP contribution in [0, 0.1) is 0 Å². The van der Waals surface area contributed by atoms with E-state index >= 15 is 0 Å². The van der Waals surface area contributed by atoms with Gasteiger partial charge in [-0.3, -0.25) is 9.59 Å². The molecule has 2 heteroatoms. The summed E-state index contributed by atoms with van der Waals surface area (Å²) in [6, 6.07) is 0. The third-order valence-electron chi connectivity index (χ3n) is 1.47. The molecule has 0 aliphatic heterocycles. The summed E-state index contributed by atoms with van der Waals surface area (Å²) >= 11 is 0. The van der Waals surface area contributed by atoms with Crippen molar-refractivity contribution < 1.29 is 9.59 Å². The number of carbonyl (C=O) groups is 2. The van der Waals surface area contributed by atoms with Crippen molar-refractivity contribution in [3.8, 4) is 0 Å². The van der Waals surface area contributed by atoms with Gasteiger partial charge in [0.1, 0.15) is 0 Å². The predicted octanol–water partition coefficient (Wildman–Crippen LogP) is 1.03. The van der Waals surface area contributed by atoms with Crippen molar-refractivity contribution >= 4 is 11.6 Å². The molecule has 52 valence electrons. The van der Waals surface area contributed by atoms with Crippen LogP contribution in [0.2, 0.25) is 0 Å². The molecule has 0 spiro atoms. The molecule has 0 radical (unpaired) electrons. The molecule has 0 fully saturated rings. The lowest BCUT2D eigenvalue weighted by molar-refractivity contribution is -0.134. The SMILES string of the molecule is C=CC1=CCCC(=O)C1=O. The smallest absolute Gasteiger partial charge is 0.228 e. The van der Waals surface area contributed by atoms with Gasteiger partial charge in [0.25, 0.3) is 0 Å². The molecule has 0 bridgehead atoms. The molecule has 0 saturated heterocycles. The van der Waals surface area contributed by atoms with Crippen molar-refractivity contribution in [2.75, 3.05) is 0 Å². The molecule has 0 unspecified atom stereocenters. The van der Waals surface area contributed by atoms with Crippen LogP contribution in [0.15, 0.2) is 24.3 Å². The van der Waals surface area contributed by atoms with Gasteiger partial charge >= 0.3 is 0 Å². The van der Waals surface area contributed by atoms with Crippen LogP contribution in [0.25, 0.3) is 0 Å². The van der Waals surface area contributed by atoms with E-state index in [0.717, 1.165) is 0 Å². The van der Waals surface area contributed by atoms with E-state index in [-0.39, 0.29) is 11.6 Å². The van der Waals surface area contributed by atoms with Gasteiger partial charge in [-0.15, -0.1) is 0 Å². The fourth-order valence-corrected chi connectivity index (χ4v) is 0.902. The molecular formula is C8H8O2. The average molecular weight is 136 g/mol. The Morgan fingerprint density at radius 1 is 1.50 bits per heavy atom. The van der Waals surface area contributed by atoms with E-state index in [9.17, 15) is 9.59 Å². The highest BCUT2D eigenvalue weighted by Gasteiger charge is 2.19. The van der Waals surface area contributed by atoms with Crippen molar-refractivity contribution in [2.24, 2.45) is 0 Å². The Bertz CT molecular complexity index is 223. The maximum absolute atomic E-state index is 10.9. The van der Waals surface area contributed by atoms with Crippen LogP contribution in [-0.2, 0) is 9.59 Å². The minimum atomic E-state index is -0.388. The highest BCUT2D eigenvalue weighted by atomic mass is 16.2. The highest BCUT2D eigenvalue weighted by molar-refractivity contribution is 6.44. The van der Waals surface area contributed by atoms with Gasteiger partial charge in [0.05, 0.1) is 0 Å². The zero-order valence-corrected chi connectivity index (χ0v) is 5.59. The molecule has 0 aromatic rings. The maximum Gasteiger partial charge on any atom is 0.228 e. The monoisotopic (exact) mass is 136 g/mol.